The average molecular weight is 624 g/mol. The molecule has 0 fully saturated rings. The van der Waals surface area contributed by atoms with Crippen LogP contribution in [0.3, 0.4) is 0 Å². The molecule has 1 aliphatic carbocycles. The van der Waals surface area contributed by atoms with Crippen LogP contribution in [0.1, 0.15) is 40.7 Å². The molecule has 0 unspecified atom stereocenters. The normalized spacial score (nSPS) is 21.7. The summed E-state index contributed by atoms with van der Waals surface area (Å²) in [5.41, 5.74) is -2.04. The Morgan fingerprint density at radius 2 is 1.61 bits per heavy atom. The maximum Gasteiger partial charge on any atom is 0.332 e. The lowest BCUT2D eigenvalue weighted by Gasteiger charge is -2.42. The number of para-hydroxylation sites is 1. The number of fused-ring (bicyclic) bond motifs is 2. The molecule has 2 aliphatic heterocycles. The van der Waals surface area contributed by atoms with Gasteiger partial charge in [-0.2, -0.15) is 0 Å². The quantitative estimate of drug-likeness (QED) is 0.422. The van der Waals surface area contributed by atoms with Gasteiger partial charge >= 0.3 is 5.69 Å². The molecule has 1 N–H and O–H groups in total. The van der Waals surface area contributed by atoms with E-state index < -0.39 is 40.3 Å². The molecule has 0 saturated carbocycles. The highest BCUT2D eigenvalue weighted by atomic mass is 35.5. The van der Waals surface area contributed by atoms with Crippen LogP contribution in [0.4, 0.5) is 5.82 Å². The summed E-state index contributed by atoms with van der Waals surface area (Å²) in [7, 11) is 8.63. The SMILES string of the molecule is COc1cc(OC)c2c(c1Cl)O[C@@]1(C(=O)C3=C(C[C@H]1C)Nc1c(c(=O)n(C)c(=O)n1C)[C@H]3c1cccc(OC)c1OC)C2=O. The molecule has 12 nitrogen and oxygen atoms in total. The fourth-order valence-electron chi connectivity index (χ4n) is 6.64. The maximum absolute atomic E-state index is 15.0. The Bertz CT molecular complexity index is 1940. The molecule has 13 heteroatoms. The number of nitrogens with zero attached hydrogens (tertiary/aromatic N) is 2. The highest BCUT2D eigenvalue weighted by Crippen LogP contribution is 2.57. The van der Waals surface area contributed by atoms with E-state index in [1.807, 2.05) is 0 Å². The number of ether oxygens (including phenoxy) is 5. The molecule has 0 amide bonds. The maximum atomic E-state index is 15.0. The van der Waals surface area contributed by atoms with Crippen molar-refractivity contribution >= 4 is 29.0 Å². The number of aromatic nitrogens is 2. The summed E-state index contributed by atoms with van der Waals surface area (Å²) in [5, 5.41) is 3.22. The number of ketones is 2. The van der Waals surface area contributed by atoms with Gasteiger partial charge in [0.1, 0.15) is 27.9 Å². The molecule has 1 aromatic heterocycles. The Labute approximate surface area is 256 Å². The third-order valence-electron chi connectivity index (χ3n) is 8.82. The van der Waals surface area contributed by atoms with Crippen molar-refractivity contribution < 1.29 is 33.3 Å². The van der Waals surface area contributed by atoms with Crippen molar-refractivity contribution in [2.24, 2.45) is 20.0 Å². The molecular formula is C31H30ClN3O9. The van der Waals surface area contributed by atoms with Crippen molar-refractivity contribution in [3.63, 3.8) is 0 Å². The summed E-state index contributed by atoms with van der Waals surface area (Å²) >= 11 is 6.62. The molecular weight excluding hydrogens is 594 g/mol. The first-order valence-electron chi connectivity index (χ1n) is 13.7. The number of allylic oxidation sites excluding steroid dienone is 1. The van der Waals surface area contributed by atoms with E-state index in [1.165, 1.54) is 53.2 Å². The summed E-state index contributed by atoms with van der Waals surface area (Å²) in [6.45, 7) is 1.73. The molecule has 0 saturated heterocycles. The van der Waals surface area contributed by atoms with Gasteiger partial charge in [0.2, 0.25) is 17.2 Å². The van der Waals surface area contributed by atoms with E-state index in [0.717, 1.165) is 4.57 Å². The molecule has 3 heterocycles. The molecule has 6 rings (SSSR count). The Morgan fingerprint density at radius 3 is 2.25 bits per heavy atom. The molecule has 3 atom stereocenters. The van der Waals surface area contributed by atoms with Crippen LogP contribution in [0.2, 0.25) is 5.02 Å². The lowest BCUT2D eigenvalue weighted by Crippen LogP contribution is -2.58. The third-order valence-corrected chi connectivity index (χ3v) is 9.18. The molecule has 2 aromatic carbocycles. The van der Waals surface area contributed by atoms with Crippen molar-refractivity contribution in [1.82, 2.24) is 9.13 Å². The standard InChI is InChI=1S/C31H30ClN3O9/c1-13-11-15-20(26(36)31(13)27(37)21-17(41-5)12-18(42-6)23(32)25(21)44-31)19(14-9-8-10-16(40-4)24(14)43-7)22-28(33-15)34(2)30(39)35(3)29(22)38/h8-10,12-13,19,33H,11H2,1-7H3/t13-,19+,31+/m1/s1. The Hall–Kier alpha value is -4.71. The zero-order valence-corrected chi connectivity index (χ0v) is 25.9. The van der Waals surface area contributed by atoms with E-state index >= 15 is 4.79 Å². The molecule has 44 heavy (non-hydrogen) atoms. The van der Waals surface area contributed by atoms with E-state index in [1.54, 1.807) is 25.1 Å². The Morgan fingerprint density at radius 1 is 0.932 bits per heavy atom. The number of methoxy groups -OCH3 is 4. The first kappa shape index (κ1) is 29.4. The van der Waals surface area contributed by atoms with Crippen molar-refractivity contribution in [1.29, 1.82) is 0 Å². The first-order chi connectivity index (χ1) is 21.0. The van der Waals surface area contributed by atoms with E-state index in [2.05, 4.69) is 5.32 Å². The van der Waals surface area contributed by atoms with Crippen LogP contribution >= 0.6 is 11.6 Å². The van der Waals surface area contributed by atoms with Gasteiger partial charge in [-0.1, -0.05) is 30.7 Å². The summed E-state index contributed by atoms with van der Waals surface area (Å²) in [5.74, 6) is -1.83. The van der Waals surface area contributed by atoms with E-state index in [0.29, 0.717) is 17.0 Å². The lowest BCUT2D eigenvalue weighted by molar-refractivity contribution is -0.130. The van der Waals surface area contributed by atoms with E-state index in [9.17, 15) is 14.4 Å². The second kappa shape index (κ2) is 10.2. The molecule has 0 radical (unpaired) electrons. The molecule has 3 aromatic rings. The Kier molecular flexibility index (Phi) is 6.80. The van der Waals surface area contributed by atoms with Crippen LogP contribution in [-0.2, 0) is 18.9 Å². The van der Waals surface area contributed by atoms with Crippen molar-refractivity contribution in [3.05, 3.63) is 78.1 Å². The molecule has 230 valence electrons. The molecule has 1 spiro atoms. The van der Waals surface area contributed by atoms with E-state index in [-0.39, 0.29) is 57.0 Å². The minimum Gasteiger partial charge on any atom is -0.496 e. The predicted octanol–water partition coefficient (Wildman–Crippen LogP) is 3.21. The number of carbonyl (C=O) groups is 2. The monoisotopic (exact) mass is 623 g/mol. The number of carbonyl (C=O) groups excluding carboxylic acids is 2. The second-order valence-electron chi connectivity index (χ2n) is 10.9. The van der Waals surface area contributed by atoms with Gasteiger partial charge in [-0.3, -0.25) is 23.5 Å². The van der Waals surface area contributed by atoms with Crippen molar-refractivity contribution in [3.8, 4) is 28.7 Å². The number of rotatable bonds is 5. The number of Topliss-reactive ketones (excluding diaryl/α,β-unsaturated/α-hetero) is 2. The van der Waals surface area contributed by atoms with Gasteiger partial charge in [0.15, 0.2) is 17.2 Å². The van der Waals surface area contributed by atoms with Crippen LogP contribution < -0.4 is 40.3 Å². The first-order valence-corrected chi connectivity index (χ1v) is 14.1. The zero-order chi connectivity index (χ0) is 31.8. The highest BCUT2D eigenvalue weighted by Gasteiger charge is 2.64. The largest absolute Gasteiger partial charge is 0.496 e. The van der Waals surface area contributed by atoms with Crippen LogP contribution in [0.5, 0.6) is 28.7 Å². The Balaban J connectivity index is 1.65. The van der Waals surface area contributed by atoms with Gasteiger partial charge in [-0.05, 0) is 12.5 Å². The van der Waals surface area contributed by atoms with Gasteiger partial charge in [0.25, 0.3) is 5.56 Å². The summed E-state index contributed by atoms with van der Waals surface area (Å²) in [6.07, 6.45) is 0.156. The minimum atomic E-state index is -2.03. The summed E-state index contributed by atoms with van der Waals surface area (Å²) in [4.78, 5) is 56.3. The van der Waals surface area contributed by atoms with Crippen LogP contribution in [-0.4, -0.2) is 54.7 Å². The number of benzene rings is 2. The van der Waals surface area contributed by atoms with Crippen LogP contribution in [0.25, 0.3) is 0 Å². The molecule has 3 aliphatic rings. The van der Waals surface area contributed by atoms with Gasteiger partial charge in [-0.15, -0.1) is 0 Å². The van der Waals surface area contributed by atoms with Crippen LogP contribution in [0, 0.1) is 5.92 Å². The lowest BCUT2D eigenvalue weighted by atomic mass is 9.65. The average Bonchev–Trinajstić information content (AvgIpc) is 3.35. The predicted molar refractivity (Wildman–Crippen MR) is 160 cm³/mol. The van der Waals surface area contributed by atoms with Crippen molar-refractivity contribution in [2.45, 2.75) is 24.9 Å². The van der Waals surface area contributed by atoms with Gasteiger partial charge in [0, 0.05) is 42.9 Å². The third kappa shape index (κ3) is 3.63. The summed E-state index contributed by atoms with van der Waals surface area (Å²) < 4.78 is 30.8. The highest BCUT2D eigenvalue weighted by molar-refractivity contribution is 6.36. The number of halogens is 1. The summed E-state index contributed by atoms with van der Waals surface area (Å²) in [6, 6.07) is 6.58. The van der Waals surface area contributed by atoms with E-state index in [4.69, 9.17) is 35.3 Å². The number of hydrogen-bond donors (Lipinski definition) is 1. The fraction of sp³-hybridized carbons (Fsp3) is 0.355. The van der Waals surface area contributed by atoms with Gasteiger partial charge in [-0.25, -0.2) is 4.79 Å². The van der Waals surface area contributed by atoms with Crippen LogP contribution in [0.15, 0.2) is 45.1 Å². The fourth-order valence-corrected chi connectivity index (χ4v) is 6.90. The number of hydrogen-bond acceptors (Lipinski definition) is 10. The zero-order valence-electron chi connectivity index (χ0n) is 25.1. The molecule has 0 bridgehead atoms. The second-order valence-corrected chi connectivity index (χ2v) is 11.3. The topological polar surface area (TPSA) is 136 Å². The number of anilines is 1. The minimum absolute atomic E-state index is 0.0184. The smallest absolute Gasteiger partial charge is 0.332 e. The van der Waals surface area contributed by atoms with Gasteiger partial charge in [0.05, 0.1) is 39.9 Å². The van der Waals surface area contributed by atoms with Crippen molar-refractivity contribution in [2.75, 3.05) is 33.8 Å². The van der Waals surface area contributed by atoms with Gasteiger partial charge < -0.3 is 29.0 Å². The number of nitrogens with one attached hydrogen (secondary N) is 1.